The predicted octanol–water partition coefficient (Wildman–Crippen LogP) is 0.0456. The summed E-state index contributed by atoms with van der Waals surface area (Å²) < 4.78 is 10.6. The summed E-state index contributed by atoms with van der Waals surface area (Å²) in [6.07, 6.45) is 0. The molecule has 0 atom stereocenters. The Morgan fingerprint density at radius 1 is 1.47 bits per heavy atom. The number of rotatable bonds is 3. The molecule has 8 nitrogen and oxygen atoms in total. The molecular weight excluding hydrogens is 250 g/mol. The fourth-order valence-corrected chi connectivity index (χ4v) is 1.77. The number of carbonyl (C=O) groups is 1. The van der Waals surface area contributed by atoms with Crippen LogP contribution >= 0.6 is 0 Å². The van der Waals surface area contributed by atoms with E-state index in [9.17, 15) is 4.79 Å². The predicted molar refractivity (Wildman–Crippen MR) is 64.5 cm³/mol. The molecule has 1 aliphatic rings. The molecule has 2 heterocycles. The minimum Gasteiger partial charge on any atom is -0.454 e. The number of nitrogens with two attached hydrogens (primary N) is 1. The van der Waals surface area contributed by atoms with Crippen molar-refractivity contribution in [2.45, 2.75) is 6.54 Å². The largest absolute Gasteiger partial charge is 0.454 e. The zero-order chi connectivity index (χ0) is 13.2. The Kier molecular flexibility index (Phi) is 2.67. The van der Waals surface area contributed by atoms with Crippen LogP contribution in [-0.2, 0) is 6.54 Å². The monoisotopic (exact) mass is 261 g/mol. The molecular formula is C11H11N5O3. The summed E-state index contributed by atoms with van der Waals surface area (Å²) in [6, 6.07) is 5.49. The average Bonchev–Trinajstić information content (AvgIpc) is 3.04. The molecule has 0 saturated carbocycles. The molecule has 0 radical (unpaired) electrons. The number of aromatic amines is 1. The number of ether oxygens (including phenoxy) is 2. The number of hydrogen-bond acceptors (Lipinski definition) is 6. The van der Waals surface area contributed by atoms with E-state index in [1.807, 2.05) is 18.2 Å². The Labute approximate surface area is 107 Å². The number of benzene rings is 1. The number of H-pyrrole nitrogens is 1. The maximum Gasteiger partial charge on any atom is 0.288 e. The lowest BCUT2D eigenvalue weighted by Gasteiger charge is -2.06. The third kappa shape index (κ3) is 2.15. The number of anilines is 1. The van der Waals surface area contributed by atoms with E-state index < -0.39 is 0 Å². The Morgan fingerprint density at radius 3 is 3.16 bits per heavy atom. The van der Waals surface area contributed by atoms with E-state index in [0.29, 0.717) is 18.0 Å². The van der Waals surface area contributed by atoms with E-state index in [1.165, 1.54) is 0 Å². The highest BCUT2D eigenvalue weighted by molar-refractivity contribution is 5.90. The van der Waals surface area contributed by atoms with Crippen LogP contribution in [0.1, 0.15) is 16.2 Å². The lowest BCUT2D eigenvalue weighted by molar-refractivity contribution is 0.0940. The van der Waals surface area contributed by atoms with Crippen molar-refractivity contribution in [1.29, 1.82) is 0 Å². The van der Waals surface area contributed by atoms with Gasteiger partial charge in [-0.2, -0.15) is 4.98 Å². The van der Waals surface area contributed by atoms with Gasteiger partial charge in [-0.05, 0) is 6.07 Å². The van der Waals surface area contributed by atoms with E-state index in [-0.39, 0.29) is 24.5 Å². The van der Waals surface area contributed by atoms with Gasteiger partial charge in [0.1, 0.15) is 0 Å². The molecule has 98 valence electrons. The van der Waals surface area contributed by atoms with Gasteiger partial charge in [0.25, 0.3) is 5.91 Å². The van der Waals surface area contributed by atoms with Crippen molar-refractivity contribution in [2.24, 2.45) is 0 Å². The van der Waals surface area contributed by atoms with Crippen molar-refractivity contribution in [3.05, 3.63) is 29.6 Å². The van der Waals surface area contributed by atoms with Crippen LogP contribution in [0.2, 0.25) is 0 Å². The van der Waals surface area contributed by atoms with Crippen LogP contribution in [0.5, 0.6) is 11.5 Å². The van der Waals surface area contributed by atoms with Gasteiger partial charge in [0, 0.05) is 12.1 Å². The molecule has 1 aliphatic heterocycles. The first-order chi connectivity index (χ1) is 9.24. The molecule has 0 unspecified atom stereocenters. The number of amides is 1. The molecule has 3 rings (SSSR count). The minimum absolute atomic E-state index is 0.0301. The normalized spacial score (nSPS) is 12.4. The molecule has 2 aromatic rings. The van der Waals surface area contributed by atoms with E-state index in [4.69, 9.17) is 15.2 Å². The summed E-state index contributed by atoms with van der Waals surface area (Å²) in [5, 5.41) is 8.72. The lowest BCUT2D eigenvalue weighted by Crippen LogP contribution is -2.24. The third-order valence-corrected chi connectivity index (χ3v) is 2.64. The van der Waals surface area contributed by atoms with Gasteiger partial charge in [-0.3, -0.25) is 9.89 Å². The highest BCUT2D eigenvalue weighted by Crippen LogP contribution is 2.35. The molecule has 4 N–H and O–H groups in total. The highest BCUT2D eigenvalue weighted by atomic mass is 16.7. The number of aromatic nitrogens is 3. The quantitative estimate of drug-likeness (QED) is 0.718. The number of nitrogens with one attached hydrogen (secondary N) is 2. The zero-order valence-corrected chi connectivity index (χ0v) is 9.84. The van der Waals surface area contributed by atoms with E-state index in [2.05, 4.69) is 20.5 Å². The highest BCUT2D eigenvalue weighted by Gasteiger charge is 2.18. The van der Waals surface area contributed by atoms with Crippen LogP contribution in [0.25, 0.3) is 0 Å². The molecule has 1 amide bonds. The number of nitrogen functional groups attached to an aromatic ring is 1. The van der Waals surface area contributed by atoms with Gasteiger partial charge in [0.15, 0.2) is 11.5 Å². The lowest BCUT2D eigenvalue weighted by atomic mass is 10.2. The van der Waals surface area contributed by atoms with Gasteiger partial charge in [0.2, 0.25) is 18.6 Å². The Morgan fingerprint density at radius 2 is 2.37 bits per heavy atom. The number of carbonyl (C=O) groups excluding carboxylic acids is 1. The first kappa shape index (κ1) is 11.3. The minimum atomic E-state index is -0.388. The molecule has 0 fully saturated rings. The standard InChI is InChI=1S/C11H11N5O3/c12-11-14-9(15-16-11)10(17)13-4-6-2-1-3-7-8(6)19-5-18-7/h1-3H,4-5H2,(H,13,17)(H3,12,14,15,16). The zero-order valence-electron chi connectivity index (χ0n) is 9.84. The van der Waals surface area contributed by atoms with Crippen molar-refractivity contribution in [3.8, 4) is 11.5 Å². The van der Waals surface area contributed by atoms with Crippen LogP contribution in [0.4, 0.5) is 5.95 Å². The second kappa shape index (κ2) is 4.48. The molecule has 0 saturated heterocycles. The summed E-state index contributed by atoms with van der Waals surface area (Å²) in [5.41, 5.74) is 6.16. The van der Waals surface area contributed by atoms with Crippen molar-refractivity contribution in [1.82, 2.24) is 20.5 Å². The van der Waals surface area contributed by atoms with E-state index in [0.717, 1.165) is 5.56 Å². The molecule has 1 aromatic heterocycles. The van der Waals surface area contributed by atoms with E-state index in [1.54, 1.807) is 0 Å². The topological polar surface area (TPSA) is 115 Å². The smallest absolute Gasteiger partial charge is 0.288 e. The fourth-order valence-electron chi connectivity index (χ4n) is 1.77. The number of para-hydroxylation sites is 1. The first-order valence-electron chi connectivity index (χ1n) is 5.57. The second-order valence-corrected chi connectivity index (χ2v) is 3.88. The molecule has 0 aliphatic carbocycles. The van der Waals surface area contributed by atoms with Crippen LogP contribution in [0.15, 0.2) is 18.2 Å². The molecule has 0 bridgehead atoms. The Bertz CT molecular complexity index is 625. The maximum absolute atomic E-state index is 11.8. The Balaban J connectivity index is 1.70. The molecule has 0 spiro atoms. The van der Waals surface area contributed by atoms with Gasteiger partial charge in [-0.1, -0.05) is 12.1 Å². The van der Waals surface area contributed by atoms with Gasteiger partial charge >= 0.3 is 0 Å². The average molecular weight is 261 g/mol. The maximum atomic E-state index is 11.8. The summed E-state index contributed by atoms with van der Waals surface area (Å²) in [6.45, 7) is 0.491. The summed E-state index contributed by atoms with van der Waals surface area (Å²) in [4.78, 5) is 15.5. The summed E-state index contributed by atoms with van der Waals surface area (Å²) in [5.74, 6) is 1.04. The second-order valence-electron chi connectivity index (χ2n) is 3.88. The van der Waals surface area contributed by atoms with Crippen LogP contribution in [0.3, 0.4) is 0 Å². The van der Waals surface area contributed by atoms with E-state index >= 15 is 0 Å². The van der Waals surface area contributed by atoms with Gasteiger partial charge < -0.3 is 20.5 Å². The third-order valence-electron chi connectivity index (χ3n) is 2.64. The summed E-state index contributed by atoms with van der Waals surface area (Å²) in [7, 11) is 0. The number of fused-ring (bicyclic) bond motifs is 1. The van der Waals surface area contributed by atoms with Crippen LogP contribution in [-0.4, -0.2) is 27.9 Å². The van der Waals surface area contributed by atoms with Crippen molar-refractivity contribution < 1.29 is 14.3 Å². The SMILES string of the molecule is Nc1n[nH]c(C(=O)NCc2cccc3c2OCO3)n1. The first-order valence-corrected chi connectivity index (χ1v) is 5.57. The number of nitrogens with zero attached hydrogens (tertiary/aromatic N) is 2. The van der Waals surface area contributed by atoms with Gasteiger partial charge in [0.05, 0.1) is 0 Å². The Hall–Kier alpha value is -2.77. The summed E-state index contributed by atoms with van der Waals surface area (Å²) >= 11 is 0. The van der Waals surface area contributed by atoms with Gasteiger partial charge in [-0.15, -0.1) is 5.10 Å². The van der Waals surface area contributed by atoms with Crippen LogP contribution in [0, 0.1) is 0 Å². The van der Waals surface area contributed by atoms with Crippen LogP contribution < -0.4 is 20.5 Å². The fraction of sp³-hybridized carbons (Fsp3) is 0.182. The number of hydrogen-bond donors (Lipinski definition) is 3. The van der Waals surface area contributed by atoms with Crippen molar-refractivity contribution >= 4 is 11.9 Å². The van der Waals surface area contributed by atoms with Crippen molar-refractivity contribution in [2.75, 3.05) is 12.5 Å². The van der Waals surface area contributed by atoms with Gasteiger partial charge in [-0.25, -0.2) is 0 Å². The molecule has 1 aromatic carbocycles. The molecule has 8 heteroatoms. The van der Waals surface area contributed by atoms with Crippen molar-refractivity contribution in [3.63, 3.8) is 0 Å². The molecule has 19 heavy (non-hydrogen) atoms.